The number of rotatable bonds is 8. The Kier molecular flexibility index (Phi) is 7.87. The lowest BCUT2D eigenvalue weighted by molar-refractivity contribution is -0.139. The van der Waals surface area contributed by atoms with Crippen LogP contribution in [0.2, 0.25) is 0 Å². The minimum atomic E-state index is -0.661. The van der Waals surface area contributed by atoms with Gasteiger partial charge in [-0.15, -0.1) is 0 Å². The van der Waals surface area contributed by atoms with Crippen molar-refractivity contribution >= 4 is 11.8 Å². The van der Waals surface area contributed by atoms with Crippen molar-refractivity contribution in [1.29, 1.82) is 0 Å². The summed E-state index contributed by atoms with van der Waals surface area (Å²) in [6, 6.07) is 13.0. The van der Waals surface area contributed by atoms with Crippen LogP contribution < -0.4 is 20.1 Å². The van der Waals surface area contributed by atoms with E-state index in [1.807, 2.05) is 63.2 Å². The first kappa shape index (κ1) is 21.3. The summed E-state index contributed by atoms with van der Waals surface area (Å²) in [6.45, 7) is 6.62. The Morgan fingerprint density at radius 1 is 1.07 bits per heavy atom. The van der Waals surface area contributed by atoms with E-state index in [0.29, 0.717) is 25.3 Å². The van der Waals surface area contributed by atoms with Gasteiger partial charge in [-0.2, -0.15) is 0 Å². The van der Waals surface area contributed by atoms with E-state index in [0.717, 1.165) is 22.4 Å². The van der Waals surface area contributed by atoms with Crippen LogP contribution >= 0.6 is 0 Å². The standard InChI is InChI=1S/C22H28N2O4/c1-5-28-20-11-6-15(2)14-19(20)16(3)24-22(26)21(25)23-13-12-17-7-9-18(27-4)10-8-17/h6-11,14,16H,5,12-13H2,1-4H3,(H,23,25)(H,24,26). The van der Waals surface area contributed by atoms with E-state index in [1.54, 1.807) is 7.11 Å². The molecule has 150 valence electrons. The third-order valence-corrected chi connectivity index (χ3v) is 4.34. The van der Waals surface area contributed by atoms with E-state index in [2.05, 4.69) is 10.6 Å². The van der Waals surface area contributed by atoms with E-state index in [-0.39, 0.29) is 6.04 Å². The number of hydrogen-bond donors (Lipinski definition) is 2. The quantitative estimate of drug-likeness (QED) is 0.686. The predicted molar refractivity (Wildman–Crippen MR) is 109 cm³/mol. The maximum Gasteiger partial charge on any atom is 0.309 e. The summed E-state index contributed by atoms with van der Waals surface area (Å²) < 4.78 is 10.7. The lowest BCUT2D eigenvalue weighted by atomic mass is 10.0. The number of methoxy groups -OCH3 is 1. The fourth-order valence-electron chi connectivity index (χ4n) is 2.83. The van der Waals surface area contributed by atoms with Crippen LogP contribution in [0.4, 0.5) is 0 Å². The van der Waals surface area contributed by atoms with Gasteiger partial charge < -0.3 is 20.1 Å². The molecule has 0 heterocycles. The zero-order valence-corrected chi connectivity index (χ0v) is 16.9. The van der Waals surface area contributed by atoms with Gasteiger partial charge in [-0.25, -0.2) is 0 Å². The van der Waals surface area contributed by atoms with Crippen molar-refractivity contribution in [3.8, 4) is 11.5 Å². The monoisotopic (exact) mass is 384 g/mol. The Hall–Kier alpha value is -3.02. The van der Waals surface area contributed by atoms with Gasteiger partial charge in [-0.1, -0.05) is 29.8 Å². The van der Waals surface area contributed by atoms with Crippen molar-refractivity contribution in [2.24, 2.45) is 0 Å². The molecule has 0 fully saturated rings. The third-order valence-electron chi connectivity index (χ3n) is 4.34. The Balaban J connectivity index is 1.87. The Morgan fingerprint density at radius 2 is 1.79 bits per heavy atom. The molecular weight excluding hydrogens is 356 g/mol. The summed E-state index contributed by atoms with van der Waals surface area (Å²) >= 11 is 0. The number of carbonyl (C=O) groups excluding carboxylic acids is 2. The summed E-state index contributed by atoms with van der Waals surface area (Å²) in [4.78, 5) is 24.3. The van der Waals surface area contributed by atoms with E-state index < -0.39 is 11.8 Å². The largest absolute Gasteiger partial charge is 0.497 e. The van der Waals surface area contributed by atoms with Crippen LogP contribution in [-0.2, 0) is 16.0 Å². The van der Waals surface area contributed by atoms with Crippen molar-refractivity contribution in [3.05, 3.63) is 59.2 Å². The average Bonchev–Trinajstić information content (AvgIpc) is 2.69. The molecule has 0 aliphatic heterocycles. The van der Waals surface area contributed by atoms with Gasteiger partial charge in [0, 0.05) is 12.1 Å². The number of ether oxygens (including phenoxy) is 2. The topological polar surface area (TPSA) is 76.7 Å². The molecule has 0 aromatic heterocycles. The summed E-state index contributed by atoms with van der Waals surface area (Å²) in [5.74, 6) is 0.182. The van der Waals surface area contributed by atoms with Gasteiger partial charge in [0.15, 0.2) is 0 Å². The van der Waals surface area contributed by atoms with Crippen molar-refractivity contribution in [2.75, 3.05) is 20.3 Å². The molecule has 2 amide bonds. The number of aryl methyl sites for hydroxylation is 1. The van der Waals surface area contributed by atoms with Crippen molar-refractivity contribution < 1.29 is 19.1 Å². The molecule has 2 rings (SSSR count). The predicted octanol–water partition coefficient (Wildman–Crippen LogP) is 2.94. The minimum absolute atomic E-state index is 0.346. The van der Waals surface area contributed by atoms with Gasteiger partial charge in [-0.3, -0.25) is 9.59 Å². The van der Waals surface area contributed by atoms with Crippen molar-refractivity contribution in [3.63, 3.8) is 0 Å². The summed E-state index contributed by atoms with van der Waals surface area (Å²) in [5, 5.41) is 5.39. The molecule has 0 saturated heterocycles. The van der Waals surface area contributed by atoms with E-state index in [4.69, 9.17) is 9.47 Å². The normalized spacial score (nSPS) is 11.4. The van der Waals surface area contributed by atoms with Crippen LogP contribution in [-0.4, -0.2) is 32.1 Å². The first-order chi connectivity index (χ1) is 13.4. The van der Waals surface area contributed by atoms with Crippen LogP contribution in [0.25, 0.3) is 0 Å². The summed E-state index contributed by atoms with van der Waals surface area (Å²) in [5.41, 5.74) is 2.96. The van der Waals surface area contributed by atoms with Crippen LogP contribution in [0, 0.1) is 6.92 Å². The molecule has 0 radical (unpaired) electrons. The van der Waals surface area contributed by atoms with Gasteiger partial charge in [0.2, 0.25) is 0 Å². The molecule has 2 aromatic carbocycles. The molecule has 6 nitrogen and oxygen atoms in total. The maximum absolute atomic E-state index is 12.2. The number of nitrogens with one attached hydrogen (secondary N) is 2. The summed E-state index contributed by atoms with van der Waals surface area (Å²) in [6.07, 6.45) is 0.630. The molecule has 0 aliphatic rings. The van der Waals surface area contributed by atoms with E-state index >= 15 is 0 Å². The molecule has 0 saturated carbocycles. The molecule has 0 aliphatic carbocycles. The first-order valence-electron chi connectivity index (χ1n) is 9.39. The molecule has 1 atom stereocenters. The second-order valence-electron chi connectivity index (χ2n) is 6.52. The SMILES string of the molecule is CCOc1ccc(C)cc1C(C)NC(=O)C(=O)NCCc1ccc(OC)cc1. The number of hydrogen-bond acceptors (Lipinski definition) is 4. The number of amides is 2. The fraction of sp³-hybridized carbons (Fsp3) is 0.364. The highest BCUT2D eigenvalue weighted by atomic mass is 16.5. The van der Waals surface area contributed by atoms with Crippen LogP contribution in [0.15, 0.2) is 42.5 Å². The lowest BCUT2D eigenvalue weighted by Gasteiger charge is -2.18. The van der Waals surface area contributed by atoms with Gasteiger partial charge in [0.05, 0.1) is 19.8 Å². The second-order valence-corrected chi connectivity index (χ2v) is 6.52. The zero-order chi connectivity index (χ0) is 20.5. The first-order valence-corrected chi connectivity index (χ1v) is 9.39. The molecule has 0 bridgehead atoms. The zero-order valence-electron chi connectivity index (χ0n) is 16.9. The molecule has 1 unspecified atom stereocenters. The Morgan fingerprint density at radius 3 is 2.43 bits per heavy atom. The smallest absolute Gasteiger partial charge is 0.309 e. The van der Waals surface area contributed by atoms with Gasteiger partial charge in [0.25, 0.3) is 0 Å². The molecule has 0 spiro atoms. The van der Waals surface area contributed by atoms with E-state index in [1.165, 1.54) is 0 Å². The maximum atomic E-state index is 12.2. The molecule has 28 heavy (non-hydrogen) atoms. The molecule has 6 heteroatoms. The molecule has 2 aromatic rings. The molecular formula is C22H28N2O4. The van der Waals surface area contributed by atoms with Gasteiger partial charge >= 0.3 is 11.8 Å². The van der Waals surface area contributed by atoms with Gasteiger partial charge in [0.1, 0.15) is 11.5 Å². The average molecular weight is 384 g/mol. The van der Waals surface area contributed by atoms with Crippen LogP contribution in [0.5, 0.6) is 11.5 Å². The van der Waals surface area contributed by atoms with Crippen molar-refractivity contribution in [1.82, 2.24) is 10.6 Å². The van der Waals surface area contributed by atoms with Crippen LogP contribution in [0.3, 0.4) is 0 Å². The Labute approximate surface area is 166 Å². The highest BCUT2D eigenvalue weighted by Crippen LogP contribution is 2.26. The van der Waals surface area contributed by atoms with Crippen molar-refractivity contribution in [2.45, 2.75) is 33.2 Å². The minimum Gasteiger partial charge on any atom is -0.497 e. The lowest BCUT2D eigenvalue weighted by Crippen LogP contribution is -2.41. The third kappa shape index (κ3) is 6.01. The molecule has 2 N–H and O–H groups in total. The van der Waals surface area contributed by atoms with Gasteiger partial charge in [-0.05, 0) is 51.0 Å². The van der Waals surface area contributed by atoms with E-state index in [9.17, 15) is 9.59 Å². The van der Waals surface area contributed by atoms with Crippen LogP contribution in [0.1, 0.15) is 36.6 Å². The fourth-order valence-corrected chi connectivity index (χ4v) is 2.83. The number of benzene rings is 2. The highest BCUT2D eigenvalue weighted by Gasteiger charge is 2.19. The Bertz CT molecular complexity index is 803. The summed E-state index contributed by atoms with van der Waals surface area (Å²) in [7, 11) is 1.61. The highest BCUT2D eigenvalue weighted by molar-refractivity contribution is 6.35. The second kappa shape index (κ2) is 10.3. The number of carbonyl (C=O) groups is 2.